The molecular formula is C11H9Cl2NO3. The summed E-state index contributed by atoms with van der Waals surface area (Å²) in [7, 11) is 0. The maximum atomic E-state index is 10.5. The summed E-state index contributed by atoms with van der Waals surface area (Å²) in [5.74, 6) is 2.72. The van der Waals surface area contributed by atoms with E-state index >= 15 is 0 Å². The molecule has 90 valence electrons. The lowest BCUT2D eigenvalue weighted by atomic mass is 10.3. The Bertz CT molecular complexity index is 445. The topological polar surface area (TPSA) is 52.4 Å². The van der Waals surface area contributed by atoms with Crippen LogP contribution < -0.4 is 4.74 Å². The molecule has 17 heavy (non-hydrogen) atoms. The van der Waals surface area contributed by atoms with E-state index < -0.39 is 4.92 Å². The highest BCUT2D eigenvalue weighted by molar-refractivity contribution is 6.37. The van der Waals surface area contributed by atoms with Crippen LogP contribution in [0.2, 0.25) is 10.0 Å². The van der Waals surface area contributed by atoms with Crippen molar-refractivity contribution in [3.05, 3.63) is 32.3 Å². The molecule has 1 rings (SSSR count). The molecule has 6 heteroatoms. The van der Waals surface area contributed by atoms with Crippen LogP contribution >= 0.6 is 23.2 Å². The Labute approximate surface area is 109 Å². The van der Waals surface area contributed by atoms with Crippen LogP contribution in [0.4, 0.5) is 5.69 Å². The molecule has 1 aromatic rings. The number of hydrogen-bond donors (Lipinski definition) is 0. The molecule has 0 saturated carbocycles. The highest BCUT2D eigenvalue weighted by Gasteiger charge is 2.15. The predicted molar refractivity (Wildman–Crippen MR) is 66.7 cm³/mol. The number of nitro groups is 1. The van der Waals surface area contributed by atoms with E-state index in [2.05, 4.69) is 5.92 Å². The average molecular weight is 274 g/mol. The van der Waals surface area contributed by atoms with Gasteiger partial charge in [-0.25, -0.2) is 0 Å². The number of halogens is 2. The first-order chi connectivity index (χ1) is 8.06. The molecule has 0 aliphatic carbocycles. The number of benzene rings is 1. The van der Waals surface area contributed by atoms with Crippen LogP contribution in [0.15, 0.2) is 12.1 Å². The van der Waals surface area contributed by atoms with Gasteiger partial charge in [0, 0.05) is 18.6 Å². The van der Waals surface area contributed by atoms with E-state index in [9.17, 15) is 10.1 Å². The van der Waals surface area contributed by atoms with Crippen molar-refractivity contribution in [1.29, 1.82) is 0 Å². The Morgan fingerprint density at radius 1 is 1.41 bits per heavy atom. The van der Waals surface area contributed by atoms with E-state index in [4.69, 9.17) is 34.4 Å². The molecule has 0 spiro atoms. The maximum absolute atomic E-state index is 10.5. The molecule has 0 amide bonds. The van der Waals surface area contributed by atoms with Gasteiger partial charge in [0.2, 0.25) is 0 Å². The van der Waals surface area contributed by atoms with Gasteiger partial charge < -0.3 is 4.74 Å². The number of terminal acetylenes is 1. The van der Waals surface area contributed by atoms with Crippen molar-refractivity contribution in [1.82, 2.24) is 0 Å². The first-order valence-corrected chi connectivity index (χ1v) is 5.51. The van der Waals surface area contributed by atoms with Gasteiger partial charge in [-0.2, -0.15) is 0 Å². The molecule has 0 atom stereocenters. The van der Waals surface area contributed by atoms with E-state index in [0.29, 0.717) is 19.4 Å². The van der Waals surface area contributed by atoms with E-state index in [1.54, 1.807) is 0 Å². The zero-order chi connectivity index (χ0) is 12.8. The fraction of sp³-hybridized carbons (Fsp3) is 0.273. The summed E-state index contributed by atoms with van der Waals surface area (Å²) < 4.78 is 5.32. The van der Waals surface area contributed by atoms with Gasteiger partial charge in [0.25, 0.3) is 5.69 Å². The van der Waals surface area contributed by atoms with Crippen molar-refractivity contribution in [2.24, 2.45) is 0 Å². The van der Waals surface area contributed by atoms with Crippen molar-refractivity contribution in [2.75, 3.05) is 6.61 Å². The van der Waals surface area contributed by atoms with Crippen molar-refractivity contribution in [3.63, 3.8) is 0 Å². The van der Waals surface area contributed by atoms with Crippen LogP contribution in [0.25, 0.3) is 0 Å². The normalized spacial score (nSPS) is 9.71. The molecule has 0 aromatic heterocycles. The third-order valence-electron chi connectivity index (χ3n) is 1.91. The SMILES string of the molecule is C#CCCCOc1c(Cl)cc([N+](=O)[O-])cc1Cl. The third kappa shape index (κ3) is 3.81. The van der Waals surface area contributed by atoms with Crippen molar-refractivity contribution < 1.29 is 9.66 Å². The van der Waals surface area contributed by atoms with Gasteiger partial charge in [-0.15, -0.1) is 12.3 Å². The lowest BCUT2D eigenvalue weighted by molar-refractivity contribution is -0.384. The molecular weight excluding hydrogens is 265 g/mol. The highest BCUT2D eigenvalue weighted by atomic mass is 35.5. The van der Waals surface area contributed by atoms with Crippen molar-refractivity contribution in [2.45, 2.75) is 12.8 Å². The first-order valence-electron chi connectivity index (χ1n) is 4.76. The summed E-state index contributed by atoms with van der Waals surface area (Å²) in [5, 5.41) is 10.8. The first kappa shape index (κ1) is 13.6. The lowest BCUT2D eigenvalue weighted by Crippen LogP contribution is -1.99. The van der Waals surface area contributed by atoms with Gasteiger partial charge in [-0.05, 0) is 6.42 Å². The number of ether oxygens (including phenoxy) is 1. The minimum absolute atomic E-state index is 0.116. The molecule has 4 nitrogen and oxygen atoms in total. The fourth-order valence-corrected chi connectivity index (χ4v) is 1.72. The summed E-state index contributed by atoms with van der Waals surface area (Å²) in [5.41, 5.74) is -0.170. The van der Waals surface area contributed by atoms with Gasteiger partial charge in [-0.3, -0.25) is 10.1 Å². The van der Waals surface area contributed by atoms with E-state index in [-0.39, 0.29) is 21.5 Å². The van der Waals surface area contributed by atoms with Crippen LogP contribution in [0.3, 0.4) is 0 Å². The number of rotatable bonds is 5. The number of nitrogens with zero attached hydrogens (tertiary/aromatic N) is 1. The average Bonchev–Trinajstić information content (AvgIpc) is 2.26. The second-order valence-corrected chi connectivity index (χ2v) is 3.97. The number of unbranched alkanes of at least 4 members (excludes halogenated alkanes) is 1. The second-order valence-electron chi connectivity index (χ2n) is 3.15. The standard InChI is InChI=1S/C11H9Cl2NO3/c1-2-3-4-5-17-11-9(12)6-8(14(15)16)7-10(11)13/h1,6-7H,3-5H2. The van der Waals surface area contributed by atoms with Gasteiger partial charge in [0.05, 0.1) is 21.6 Å². The zero-order valence-corrected chi connectivity index (χ0v) is 10.3. The monoisotopic (exact) mass is 273 g/mol. The van der Waals surface area contributed by atoms with Crippen LogP contribution in [-0.4, -0.2) is 11.5 Å². The zero-order valence-electron chi connectivity index (χ0n) is 8.78. The van der Waals surface area contributed by atoms with Crippen molar-refractivity contribution in [3.8, 4) is 18.1 Å². The van der Waals surface area contributed by atoms with E-state index in [1.807, 2.05) is 0 Å². The summed E-state index contributed by atoms with van der Waals surface area (Å²) in [6.07, 6.45) is 6.34. The van der Waals surface area contributed by atoms with Gasteiger partial charge in [0.15, 0.2) is 5.75 Å². The summed E-state index contributed by atoms with van der Waals surface area (Å²) in [4.78, 5) is 9.97. The molecule has 0 heterocycles. The Balaban J connectivity index is 2.80. The molecule has 0 N–H and O–H groups in total. The quantitative estimate of drug-likeness (QED) is 0.356. The van der Waals surface area contributed by atoms with Crippen LogP contribution in [-0.2, 0) is 0 Å². The minimum Gasteiger partial charge on any atom is -0.490 e. The van der Waals surface area contributed by atoms with Crippen molar-refractivity contribution >= 4 is 28.9 Å². The Morgan fingerprint density at radius 2 is 2.00 bits per heavy atom. The molecule has 0 aliphatic heterocycles. The highest BCUT2D eigenvalue weighted by Crippen LogP contribution is 2.36. The molecule has 0 bridgehead atoms. The Hall–Kier alpha value is -1.44. The minimum atomic E-state index is -0.570. The Kier molecular flexibility index (Phi) is 5.08. The van der Waals surface area contributed by atoms with Crippen LogP contribution in [0.5, 0.6) is 5.75 Å². The van der Waals surface area contributed by atoms with Gasteiger partial charge in [-0.1, -0.05) is 23.2 Å². The van der Waals surface area contributed by atoms with Crippen LogP contribution in [0.1, 0.15) is 12.8 Å². The van der Waals surface area contributed by atoms with E-state index in [0.717, 1.165) is 0 Å². The molecule has 0 unspecified atom stereocenters. The molecule has 0 radical (unpaired) electrons. The summed E-state index contributed by atoms with van der Waals surface area (Å²) in [6.45, 7) is 0.363. The van der Waals surface area contributed by atoms with Crippen LogP contribution in [0, 0.1) is 22.5 Å². The smallest absolute Gasteiger partial charge is 0.272 e. The molecule has 0 fully saturated rings. The molecule has 0 saturated heterocycles. The molecule has 0 aliphatic rings. The summed E-state index contributed by atoms with van der Waals surface area (Å²) >= 11 is 11.7. The third-order valence-corrected chi connectivity index (χ3v) is 2.47. The maximum Gasteiger partial charge on any atom is 0.272 e. The second kappa shape index (κ2) is 6.33. The van der Waals surface area contributed by atoms with Gasteiger partial charge in [0.1, 0.15) is 0 Å². The van der Waals surface area contributed by atoms with E-state index in [1.165, 1.54) is 12.1 Å². The number of non-ortho nitro benzene ring substituents is 1. The predicted octanol–water partition coefficient (Wildman–Crippen LogP) is 3.69. The number of nitro benzene ring substituents is 1. The number of hydrogen-bond acceptors (Lipinski definition) is 3. The lowest BCUT2D eigenvalue weighted by Gasteiger charge is -2.08. The summed E-state index contributed by atoms with van der Waals surface area (Å²) in [6, 6.07) is 2.40. The fourth-order valence-electron chi connectivity index (χ4n) is 1.14. The molecule has 1 aromatic carbocycles. The van der Waals surface area contributed by atoms with Gasteiger partial charge >= 0.3 is 0 Å². The Morgan fingerprint density at radius 3 is 2.47 bits per heavy atom. The largest absolute Gasteiger partial charge is 0.490 e.